The Morgan fingerprint density at radius 2 is 2.20 bits per heavy atom. The quantitative estimate of drug-likeness (QED) is 0.911. The number of amides is 1. The molecule has 7 nitrogen and oxygen atoms in total. The Labute approximate surface area is 150 Å². The van der Waals surface area contributed by atoms with E-state index in [4.69, 9.17) is 16.9 Å². The van der Waals surface area contributed by atoms with Crippen molar-refractivity contribution in [1.29, 1.82) is 5.26 Å². The largest absolute Gasteiger partial charge is 0.337 e. The summed E-state index contributed by atoms with van der Waals surface area (Å²) in [6.07, 6.45) is 5.56. The Hall–Kier alpha value is -2.46. The van der Waals surface area contributed by atoms with Crippen LogP contribution >= 0.6 is 11.6 Å². The van der Waals surface area contributed by atoms with E-state index < -0.39 is 0 Å². The topological polar surface area (TPSA) is 98.6 Å². The maximum absolute atomic E-state index is 12.8. The van der Waals surface area contributed by atoms with Crippen LogP contribution in [0.25, 0.3) is 0 Å². The molecular formula is C17H17ClN6O. The van der Waals surface area contributed by atoms with Crippen LogP contribution < -0.4 is 0 Å². The van der Waals surface area contributed by atoms with E-state index >= 15 is 0 Å². The zero-order valence-corrected chi connectivity index (χ0v) is 14.3. The van der Waals surface area contributed by atoms with Gasteiger partial charge in [0.25, 0.3) is 5.91 Å². The van der Waals surface area contributed by atoms with Gasteiger partial charge < -0.3 is 4.90 Å². The number of pyridine rings is 1. The van der Waals surface area contributed by atoms with E-state index in [-0.39, 0.29) is 22.5 Å². The molecule has 2 aliphatic rings. The van der Waals surface area contributed by atoms with Crippen molar-refractivity contribution >= 4 is 17.5 Å². The molecule has 3 heterocycles. The van der Waals surface area contributed by atoms with Gasteiger partial charge in [0.2, 0.25) is 0 Å². The normalized spacial score (nSPS) is 20.3. The fourth-order valence-corrected chi connectivity index (χ4v) is 3.44. The predicted molar refractivity (Wildman–Crippen MR) is 90.2 cm³/mol. The van der Waals surface area contributed by atoms with Crippen LogP contribution in [0.5, 0.6) is 0 Å². The lowest BCUT2D eigenvalue weighted by atomic mass is 9.97. The molecule has 1 unspecified atom stereocenters. The van der Waals surface area contributed by atoms with Crippen LogP contribution in [0.1, 0.15) is 65.2 Å². The molecule has 1 aliphatic carbocycles. The molecule has 1 N–H and O–H groups in total. The van der Waals surface area contributed by atoms with Gasteiger partial charge in [-0.1, -0.05) is 11.6 Å². The highest BCUT2D eigenvalue weighted by molar-refractivity contribution is 6.33. The first-order valence-corrected chi connectivity index (χ1v) is 8.80. The number of piperidine rings is 1. The lowest BCUT2D eigenvalue weighted by Gasteiger charge is -2.31. The van der Waals surface area contributed by atoms with Crippen LogP contribution in [-0.2, 0) is 0 Å². The molecule has 1 saturated carbocycles. The van der Waals surface area contributed by atoms with Gasteiger partial charge >= 0.3 is 0 Å². The molecule has 0 radical (unpaired) electrons. The molecule has 2 aromatic rings. The molecule has 0 bridgehead atoms. The molecule has 25 heavy (non-hydrogen) atoms. The van der Waals surface area contributed by atoms with Crippen LogP contribution in [-0.4, -0.2) is 44.1 Å². The number of halogens is 1. The SMILES string of the molecule is N#Cc1cnc(C(=O)N2CCCC(c3n[nH]c(C4CC4)n3)C2)c(Cl)c1. The molecule has 1 aliphatic heterocycles. The summed E-state index contributed by atoms with van der Waals surface area (Å²) >= 11 is 6.13. The van der Waals surface area contributed by atoms with Crippen LogP contribution in [0.15, 0.2) is 12.3 Å². The Bertz CT molecular complexity index is 853. The number of carbonyl (C=O) groups is 1. The zero-order chi connectivity index (χ0) is 17.4. The summed E-state index contributed by atoms with van der Waals surface area (Å²) in [6, 6.07) is 3.44. The Morgan fingerprint density at radius 3 is 2.92 bits per heavy atom. The average Bonchev–Trinajstić information content (AvgIpc) is 3.38. The summed E-state index contributed by atoms with van der Waals surface area (Å²) in [5, 5.41) is 16.5. The minimum absolute atomic E-state index is 0.124. The minimum atomic E-state index is -0.211. The van der Waals surface area contributed by atoms with E-state index in [0.717, 1.165) is 24.5 Å². The molecular weight excluding hydrogens is 340 g/mol. The second kappa shape index (κ2) is 6.45. The highest BCUT2D eigenvalue weighted by Gasteiger charge is 2.32. The molecule has 8 heteroatoms. The molecule has 4 rings (SSSR count). The number of rotatable bonds is 3. The number of aromatic nitrogens is 4. The van der Waals surface area contributed by atoms with Crippen LogP contribution in [0.4, 0.5) is 0 Å². The molecule has 1 saturated heterocycles. The van der Waals surface area contributed by atoms with Gasteiger partial charge in [0.1, 0.15) is 17.6 Å². The number of carbonyl (C=O) groups excluding carboxylic acids is 1. The van der Waals surface area contributed by atoms with Gasteiger partial charge in [-0.3, -0.25) is 9.89 Å². The number of hydrogen-bond acceptors (Lipinski definition) is 5. The van der Waals surface area contributed by atoms with Crippen molar-refractivity contribution in [3.05, 3.63) is 40.2 Å². The molecule has 2 fully saturated rings. The number of aromatic amines is 1. The molecule has 1 amide bonds. The fourth-order valence-electron chi connectivity index (χ4n) is 3.19. The van der Waals surface area contributed by atoms with Crippen LogP contribution in [0, 0.1) is 11.3 Å². The van der Waals surface area contributed by atoms with Crippen LogP contribution in [0.2, 0.25) is 5.02 Å². The third-order valence-electron chi connectivity index (χ3n) is 4.73. The van der Waals surface area contributed by atoms with E-state index in [2.05, 4.69) is 20.2 Å². The highest BCUT2D eigenvalue weighted by Crippen LogP contribution is 2.38. The summed E-state index contributed by atoms with van der Waals surface area (Å²) in [4.78, 5) is 23.2. The number of nitrogens with zero attached hydrogens (tertiary/aromatic N) is 5. The maximum atomic E-state index is 12.8. The summed E-state index contributed by atoms with van der Waals surface area (Å²) in [5.74, 6) is 2.20. The fraction of sp³-hybridized carbons (Fsp3) is 0.471. The van der Waals surface area contributed by atoms with Gasteiger partial charge in [-0.2, -0.15) is 10.4 Å². The lowest BCUT2D eigenvalue weighted by Crippen LogP contribution is -2.39. The van der Waals surface area contributed by atoms with Crippen molar-refractivity contribution in [2.45, 2.75) is 37.5 Å². The monoisotopic (exact) mass is 356 g/mol. The van der Waals surface area contributed by atoms with Crippen molar-refractivity contribution in [1.82, 2.24) is 25.1 Å². The van der Waals surface area contributed by atoms with Gasteiger partial charge in [0, 0.05) is 31.1 Å². The summed E-state index contributed by atoms with van der Waals surface area (Å²) < 4.78 is 0. The predicted octanol–water partition coefficient (Wildman–Crippen LogP) is 2.62. The number of likely N-dealkylation sites (tertiary alicyclic amines) is 1. The van der Waals surface area contributed by atoms with Crippen molar-refractivity contribution in [3.63, 3.8) is 0 Å². The van der Waals surface area contributed by atoms with E-state index in [1.165, 1.54) is 25.1 Å². The average molecular weight is 357 g/mol. The summed E-state index contributed by atoms with van der Waals surface area (Å²) in [5.41, 5.74) is 0.529. The summed E-state index contributed by atoms with van der Waals surface area (Å²) in [7, 11) is 0. The first-order chi connectivity index (χ1) is 12.2. The lowest BCUT2D eigenvalue weighted by molar-refractivity contribution is 0.0699. The first-order valence-electron chi connectivity index (χ1n) is 8.43. The number of nitrogens with one attached hydrogen (secondary N) is 1. The van der Waals surface area contributed by atoms with Gasteiger partial charge in [-0.25, -0.2) is 9.97 Å². The Morgan fingerprint density at radius 1 is 1.36 bits per heavy atom. The second-order valence-electron chi connectivity index (χ2n) is 6.61. The molecule has 128 valence electrons. The van der Waals surface area contributed by atoms with Crippen molar-refractivity contribution in [2.24, 2.45) is 0 Å². The van der Waals surface area contributed by atoms with Crippen molar-refractivity contribution < 1.29 is 4.79 Å². The smallest absolute Gasteiger partial charge is 0.274 e. The van der Waals surface area contributed by atoms with Crippen molar-refractivity contribution in [3.8, 4) is 6.07 Å². The van der Waals surface area contributed by atoms with E-state index in [1.807, 2.05) is 6.07 Å². The molecule has 0 aromatic carbocycles. The Kier molecular flexibility index (Phi) is 4.14. The van der Waals surface area contributed by atoms with Gasteiger partial charge in [0.05, 0.1) is 10.6 Å². The zero-order valence-electron chi connectivity index (χ0n) is 13.6. The number of nitriles is 1. The van der Waals surface area contributed by atoms with Gasteiger partial charge in [-0.15, -0.1) is 0 Å². The second-order valence-corrected chi connectivity index (χ2v) is 7.02. The standard InChI is InChI=1S/C17H17ClN6O/c18-13-6-10(7-19)8-20-14(13)17(25)24-5-1-2-12(9-24)16-21-15(22-23-16)11-3-4-11/h6,8,11-12H,1-5,9H2,(H,21,22,23). The first kappa shape index (κ1) is 16.0. The molecule has 2 aromatic heterocycles. The number of H-pyrrole nitrogens is 1. The molecule has 1 atom stereocenters. The van der Waals surface area contributed by atoms with Gasteiger partial charge in [0.15, 0.2) is 5.82 Å². The molecule has 0 spiro atoms. The van der Waals surface area contributed by atoms with Crippen LogP contribution in [0.3, 0.4) is 0 Å². The highest BCUT2D eigenvalue weighted by atomic mass is 35.5. The van der Waals surface area contributed by atoms with E-state index in [9.17, 15) is 4.79 Å². The summed E-state index contributed by atoms with van der Waals surface area (Å²) in [6.45, 7) is 1.21. The maximum Gasteiger partial charge on any atom is 0.274 e. The van der Waals surface area contributed by atoms with E-state index in [1.54, 1.807) is 4.90 Å². The third kappa shape index (κ3) is 3.22. The third-order valence-corrected chi connectivity index (χ3v) is 5.02. The minimum Gasteiger partial charge on any atom is -0.337 e. The Balaban J connectivity index is 1.50. The van der Waals surface area contributed by atoms with Crippen molar-refractivity contribution in [2.75, 3.05) is 13.1 Å². The van der Waals surface area contributed by atoms with E-state index in [0.29, 0.717) is 24.6 Å². The van der Waals surface area contributed by atoms with Gasteiger partial charge in [-0.05, 0) is 31.7 Å². The number of hydrogen-bond donors (Lipinski definition) is 1.